The van der Waals surface area contributed by atoms with E-state index in [9.17, 15) is 14.7 Å². The number of Topliss-reactive ketones (excluding diaryl/α,β-unsaturated/α-hetero) is 2. The van der Waals surface area contributed by atoms with Crippen molar-refractivity contribution in [1.29, 1.82) is 0 Å². The molecule has 0 saturated heterocycles. The summed E-state index contributed by atoms with van der Waals surface area (Å²) in [6, 6.07) is 6.49. The van der Waals surface area contributed by atoms with Crippen LogP contribution in [0.2, 0.25) is 0 Å². The lowest BCUT2D eigenvalue weighted by atomic mass is 9.85. The Kier molecular flexibility index (Phi) is 3.30. The maximum atomic E-state index is 11.9. The largest absolute Gasteiger partial charge is 0.507 e. The molecule has 0 amide bonds. The molecule has 1 atom stereocenters. The summed E-state index contributed by atoms with van der Waals surface area (Å²) < 4.78 is 0. The van der Waals surface area contributed by atoms with Gasteiger partial charge in [-0.2, -0.15) is 0 Å². The number of benzene rings is 1. The molecule has 2 N–H and O–H groups in total. The van der Waals surface area contributed by atoms with Gasteiger partial charge in [0.25, 0.3) is 0 Å². The predicted molar refractivity (Wildman–Crippen MR) is 66.2 cm³/mol. The number of hydrogen-bond acceptors (Lipinski definition) is 4. The summed E-state index contributed by atoms with van der Waals surface area (Å²) in [5.74, 6) is -1.59. The van der Waals surface area contributed by atoms with Gasteiger partial charge >= 0.3 is 0 Å². The molecule has 0 radical (unpaired) electrons. The summed E-state index contributed by atoms with van der Waals surface area (Å²) in [4.78, 5) is 23.8. The van der Waals surface area contributed by atoms with Crippen molar-refractivity contribution in [2.24, 2.45) is 5.92 Å². The number of carbonyl (C=O) groups excluding carboxylic acids is 2. The van der Waals surface area contributed by atoms with E-state index in [-0.39, 0.29) is 35.8 Å². The van der Waals surface area contributed by atoms with E-state index in [0.29, 0.717) is 5.56 Å². The molecule has 4 nitrogen and oxygen atoms in total. The molecule has 1 aromatic rings. The highest BCUT2D eigenvalue weighted by Crippen LogP contribution is 2.30. The van der Waals surface area contributed by atoms with Gasteiger partial charge in [0.1, 0.15) is 5.76 Å². The zero-order chi connectivity index (χ0) is 13.3. The van der Waals surface area contributed by atoms with Gasteiger partial charge in [0.15, 0.2) is 0 Å². The van der Waals surface area contributed by atoms with Gasteiger partial charge in [-0.1, -0.05) is 31.2 Å². The zero-order valence-corrected chi connectivity index (χ0v) is 10.0. The molecule has 0 aromatic heterocycles. The van der Waals surface area contributed by atoms with Crippen LogP contribution < -0.4 is 0 Å². The number of hydrogen-bond donors (Lipinski definition) is 2. The molecule has 1 aromatic carbocycles. The van der Waals surface area contributed by atoms with Crippen LogP contribution in [-0.4, -0.2) is 28.4 Å². The minimum Gasteiger partial charge on any atom is -0.507 e. The summed E-state index contributed by atoms with van der Waals surface area (Å²) in [5, 5.41) is 19.1. The van der Waals surface area contributed by atoms with Gasteiger partial charge in [0.05, 0.1) is 0 Å². The fraction of sp³-hybridized carbons (Fsp3) is 0.286. The minimum atomic E-state index is -0.675. The van der Waals surface area contributed by atoms with Gasteiger partial charge < -0.3 is 10.2 Å². The Bertz CT molecular complexity index is 542. The number of aliphatic hydroxyl groups is 2. The number of carbonyl (C=O) groups is 2. The number of allylic oxidation sites excluding steroid dienone is 1. The fourth-order valence-electron chi connectivity index (χ4n) is 2.02. The van der Waals surface area contributed by atoms with Crippen LogP contribution in [-0.2, 0) is 4.79 Å². The van der Waals surface area contributed by atoms with Crippen molar-refractivity contribution in [2.75, 3.05) is 6.61 Å². The molecule has 0 bridgehead atoms. The summed E-state index contributed by atoms with van der Waals surface area (Å²) in [7, 11) is 0. The van der Waals surface area contributed by atoms with Crippen molar-refractivity contribution < 1.29 is 19.8 Å². The summed E-state index contributed by atoms with van der Waals surface area (Å²) >= 11 is 0. The van der Waals surface area contributed by atoms with E-state index in [1.807, 2.05) is 0 Å². The molecule has 1 aliphatic carbocycles. The van der Waals surface area contributed by atoms with E-state index < -0.39 is 11.6 Å². The van der Waals surface area contributed by atoms with Crippen LogP contribution in [0.25, 0.3) is 5.76 Å². The molecule has 0 heterocycles. The van der Waals surface area contributed by atoms with Gasteiger partial charge in [-0.25, -0.2) is 0 Å². The number of aliphatic hydroxyl groups excluding tert-OH is 2. The average molecular weight is 246 g/mol. The minimum absolute atomic E-state index is 0.0973. The molecule has 4 heteroatoms. The Morgan fingerprint density at radius 2 is 1.72 bits per heavy atom. The second-order valence-corrected chi connectivity index (χ2v) is 4.52. The molecular weight excluding hydrogens is 232 g/mol. The lowest BCUT2D eigenvalue weighted by Gasteiger charge is -2.19. The highest BCUT2D eigenvalue weighted by Gasteiger charge is 2.32. The maximum absolute atomic E-state index is 11.9. The second-order valence-electron chi connectivity index (χ2n) is 4.52. The molecule has 0 saturated carbocycles. The smallest absolute Gasteiger partial charge is 0.234 e. The van der Waals surface area contributed by atoms with Crippen LogP contribution in [0, 0.1) is 5.92 Å². The van der Waals surface area contributed by atoms with Crippen LogP contribution in [0.15, 0.2) is 29.8 Å². The highest BCUT2D eigenvalue weighted by atomic mass is 16.3. The Morgan fingerprint density at radius 3 is 2.33 bits per heavy atom. The van der Waals surface area contributed by atoms with Crippen LogP contribution in [0.4, 0.5) is 0 Å². The standard InChI is InChI=1S/C14H14O4/c1-8(7-15)6-11-12(16)9-4-2-3-5-10(9)13(17)14(11)18/h2-5,8,15-16H,6-7H2,1H3. The molecule has 94 valence electrons. The third-order valence-corrected chi connectivity index (χ3v) is 3.06. The Morgan fingerprint density at radius 1 is 1.11 bits per heavy atom. The van der Waals surface area contributed by atoms with Crippen LogP contribution >= 0.6 is 0 Å². The third kappa shape index (κ3) is 1.95. The van der Waals surface area contributed by atoms with Crippen LogP contribution in [0.5, 0.6) is 0 Å². The first-order chi connectivity index (χ1) is 8.56. The lowest BCUT2D eigenvalue weighted by molar-refractivity contribution is -0.112. The molecule has 0 aliphatic heterocycles. The van der Waals surface area contributed by atoms with Gasteiger partial charge in [-0.05, 0) is 12.3 Å². The predicted octanol–water partition coefficient (Wildman–Crippen LogP) is 1.74. The van der Waals surface area contributed by atoms with Crippen LogP contribution in [0.3, 0.4) is 0 Å². The SMILES string of the molecule is CC(CO)CC1=C(O)c2ccccc2C(=O)C1=O. The average Bonchev–Trinajstić information content (AvgIpc) is 2.40. The Balaban J connectivity index is 2.52. The van der Waals surface area contributed by atoms with Crippen LogP contribution in [0.1, 0.15) is 29.3 Å². The summed E-state index contributed by atoms with van der Waals surface area (Å²) in [6.45, 7) is 1.65. The molecule has 2 rings (SSSR count). The van der Waals surface area contributed by atoms with E-state index >= 15 is 0 Å². The quantitative estimate of drug-likeness (QED) is 0.796. The van der Waals surface area contributed by atoms with Gasteiger partial charge in [0.2, 0.25) is 11.6 Å². The molecule has 0 fully saturated rings. The number of fused-ring (bicyclic) bond motifs is 1. The second kappa shape index (κ2) is 4.74. The van der Waals surface area contributed by atoms with Crippen molar-refractivity contribution in [3.63, 3.8) is 0 Å². The van der Waals surface area contributed by atoms with Gasteiger partial charge in [-0.15, -0.1) is 0 Å². The van der Waals surface area contributed by atoms with E-state index in [2.05, 4.69) is 0 Å². The van der Waals surface area contributed by atoms with Crippen molar-refractivity contribution in [3.8, 4) is 0 Å². The van der Waals surface area contributed by atoms with Crippen molar-refractivity contribution in [1.82, 2.24) is 0 Å². The fourth-order valence-corrected chi connectivity index (χ4v) is 2.02. The van der Waals surface area contributed by atoms with E-state index in [1.54, 1.807) is 25.1 Å². The molecule has 18 heavy (non-hydrogen) atoms. The number of ketones is 2. The molecule has 0 spiro atoms. The zero-order valence-electron chi connectivity index (χ0n) is 10.0. The molecular formula is C14H14O4. The maximum Gasteiger partial charge on any atom is 0.234 e. The van der Waals surface area contributed by atoms with E-state index in [4.69, 9.17) is 5.11 Å². The highest BCUT2D eigenvalue weighted by molar-refractivity contribution is 6.52. The van der Waals surface area contributed by atoms with Crippen molar-refractivity contribution >= 4 is 17.3 Å². The first-order valence-corrected chi connectivity index (χ1v) is 5.77. The summed E-state index contributed by atoms with van der Waals surface area (Å²) in [6.07, 6.45) is 0.196. The first kappa shape index (κ1) is 12.5. The normalized spacial score (nSPS) is 16.8. The summed E-state index contributed by atoms with van der Waals surface area (Å²) in [5.41, 5.74) is 0.725. The molecule has 1 unspecified atom stereocenters. The van der Waals surface area contributed by atoms with E-state index in [0.717, 1.165) is 0 Å². The monoisotopic (exact) mass is 246 g/mol. The lowest BCUT2D eigenvalue weighted by Crippen LogP contribution is -2.25. The first-order valence-electron chi connectivity index (χ1n) is 5.77. The topological polar surface area (TPSA) is 74.6 Å². The molecule has 1 aliphatic rings. The van der Waals surface area contributed by atoms with Crippen molar-refractivity contribution in [3.05, 3.63) is 41.0 Å². The Hall–Kier alpha value is -1.94. The van der Waals surface area contributed by atoms with Gasteiger partial charge in [-0.3, -0.25) is 9.59 Å². The Labute approximate surface area is 105 Å². The van der Waals surface area contributed by atoms with Gasteiger partial charge in [0, 0.05) is 23.3 Å². The van der Waals surface area contributed by atoms with Crippen molar-refractivity contribution in [2.45, 2.75) is 13.3 Å². The number of rotatable bonds is 3. The van der Waals surface area contributed by atoms with E-state index in [1.165, 1.54) is 6.07 Å². The third-order valence-electron chi connectivity index (χ3n) is 3.06.